The number of rotatable bonds is 12. The molecule has 2 nitrogen and oxygen atoms in total. The van der Waals surface area contributed by atoms with Crippen LogP contribution in [-0.2, 0) is 17.6 Å². The smallest absolute Gasteiger partial charge is 0.224 e. The molecule has 1 rings (SSSR count). The van der Waals surface area contributed by atoms with Gasteiger partial charge in [-0.05, 0) is 30.4 Å². The molecule has 0 aliphatic carbocycles. The fourth-order valence-electron chi connectivity index (χ4n) is 3.02. The summed E-state index contributed by atoms with van der Waals surface area (Å²) in [6, 6.07) is 6.32. The Balaban J connectivity index is 2.29. The molecular weight excluding hydrogens is 282 g/mol. The summed E-state index contributed by atoms with van der Waals surface area (Å²) in [7, 11) is 0. The first-order valence-electron chi connectivity index (χ1n) is 9.63. The van der Waals surface area contributed by atoms with Gasteiger partial charge in [0.1, 0.15) is 0 Å². The summed E-state index contributed by atoms with van der Waals surface area (Å²) >= 11 is 0. The zero-order valence-corrected chi connectivity index (χ0v) is 15.4. The summed E-state index contributed by atoms with van der Waals surface area (Å²) < 4.78 is 0. The Hall–Kier alpha value is -1.31. The minimum atomic E-state index is 0.173. The second-order valence-electron chi connectivity index (χ2n) is 6.43. The van der Waals surface area contributed by atoms with Crippen LogP contribution in [0.2, 0.25) is 0 Å². The molecular formula is C21H35NO. The Labute approximate surface area is 143 Å². The van der Waals surface area contributed by atoms with Crippen molar-refractivity contribution in [3.8, 4) is 0 Å². The van der Waals surface area contributed by atoms with E-state index in [1.165, 1.54) is 56.1 Å². The molecule has 0 fully saturated rings. The lowest BCUT2D eigenvalue weighted by molar-refractivity contribution is -0.116. The van der Waals surface area contributed by atoms with E-state index in [0.717, 1.165) is 24.9 Å². The van der Waals surface area contributed by atoms with Gasteiger partial charge in [-0.1, -0.05) is 83.9 Å². The highest BCUT2D eigenvalue weighted by Gasteiger charge is 2.09. The van der Waals surface area contributed by atoms with E-state index >= 15 is 0 Å². The standard InChI is InChI=1S/C21H35NO/c1-4-7-8-9-10-11-12-13-17-20(23)22-21-18(5-2)15-14-16-19(21)6-3/h14-16H,4-13,17H2,1-3H3,(H,22,23). The van der Waals surface area contributed by atoms with Gasteiger partial charge in [0, 0.05) is 12.1 Å². The maximum Gasteiger partial charge on any atom is 0.224 e. The molecule has 2 heteroatoms. The molecule has 0 spiro atoms. The zero-order chi connectivity index (χ0) is 16.9. The Kier molecular flexibility index (Phi) is 10.4. The number of unbranched alkanes of at least 4 members (excludes halogenated alkanes) is 7. The molecule has 1 amide bonds. The van der Waals surface area contributed by atoms with Gasteiger partial charge in [-0.15, -0.1) is 0 Å². The van der Waals surface area contributed by atoms with E-state index in [0.29, 0.717) is 6.42 Å². The largest absolute Gasteiger partial charge is 0.326 e. The van der Waals surface area contributed by atoms with Crippen molar-refractivity contribution in [1.82, 2.24) is 0 Å². The highest BCUT2D eigenvalue weighted by atomic mass is 16.1. The van der Waals surface area contributed by atoms with Crippen LogP contribution >= 0.6 is 0 Å². The predicted octanol–water partition coefficient (Wildman–Crippen LogP) is 6.28. The highest BCUT2D eigenvalue weighted by molar-refractivity contribution is 5.92. The fraction of sp³-hybridized carbons (Fsp3) is 0.667. The normalized spacial score (nSPS) is 10.7. The minimum absolute atomic E-state index is 0.173. The van der Waals surface area contributed by atoms with E-state index in [-0.39, 0.29) is 5.91 Å². The molecule has 0 saturated carbocycles. The average Bonchev–Trinajstić information content (AvgIpc) is 2.57. The van der Waals surface area contributed by atoms with Crippen molar-refractivity contribution < 1.29 is 4.79 Å². The Morgan fingerprint density at radius 3 is 1.87 bits per heavy atom. The molecule has 130 valence electrons. The van der Waals surface area contributed by atoms with Crippen molar-refractivity contribution in [2.24, 2.45) is 0 Å². The number of hydrogen-bond acceptors (Lipinski definition) is 1. The lowest BCUT2D eigenvalue weighted by Gasteiger charge is -2.14. The van der Waals surface area contributed by atoms with Crippen LogP contribution in [0, 0.1) is 0 Å². The molecule has 0 aromatic heterocycles. The Bertz CT molecular complexity index is 431. The van der Waals surface area contributed by atoms with E-state index in [2.05, 4.69) is 44.3 Å². The second-order valence-corrected chi connectivity index (χ2v) is 6.43. The quantitative estimate of drug-likeness (QED) is 0.451. The second kappa shape index (κ2) is 12.2. The lowest BCUT2D eigenvalue weighted by atomic mass is 10.0. The lowest BCUT2D eigenvalue weighted by Crippen LogP contribution is -2.14. The molecule has 0 atom stereocenters. The first kappa shape index (κ1) is 19.7. The van der Waals surface area contributed by atoms with Gasteiger partial charge in [0.2, 0.25) is 5.91 Å². The summed E-state index contributed by atoms with van der Waals surface area (Å²) in [4.78, 5) is 12.2. The number of hydrogen-bond donors (Lipinski definition) is 1. The van der Waals surface area contributed by atoms with Crippen LogP contribution in [0.25, 0.3) is 0 Å². The minimum Gasteiger partial charge on any atom is -0.326 e. The monoisotopic (exact) mass is 317 g/mol. The Morgan fingerprint density at radius 1 is 0.826 bits per heavy atom. The topological polar surface area (TPSA) is 29.1 Å². The van der Waals surface area contributed by atoms with Crippen molar-refractivity contribution in [3.63, 3.8) is 0 Å². The maximum atomic E-state index is 12.2. The molecule has 1 N–H and O–H groups in total. The van der Waals surface area contributed by atoms with Gasteiger partial charge < -0.3 is 5.32 Å². The van der Waals surface area contributed by atoms with Gasteiger partial charge in [-0.25, -0.2) is 0 Å². The maximum absolute atomic E-state index is 12.2. The van der Waals surface area contributed by atoms with E-state index in [1.54, 1.807) is 0 Å². The molecule has 0 unspecified atom stereocenters. The van der Waals surface area contributed by atoms with Crippen molar-refractivity contribution >= 4 is 11.6 Å². The van der Waals surface area contributed by atoms with Crippen LogP contribution < -0.4 is 5.32 Å². The zero-order valence-electron chi connectivity index (χ0n) is 15.4. The molecule has 1 aromatic carbocycles. The van der Waals surface area contributed by atoms with Crippen LogP contribution in [0.3, 0.4) is 0 Å². The van der Waals surface area contributed by atoms with Crippen molar-refractivity contribution in [2.45, 2.75) is 91.4 Å². The van der Waals surface area contributed by atoms with Crippen molar-refractivity contribution in [1.29, 1.82) is 0 Å². The highest BCUT2D eigenvalue weighted by Crippen LogP contribution is 2.23. The van der Waals surface area contributed by atoms with Crippen molar-refractivity contribution in [3.05, 3.63) is 29.3 Å². The number of benzene rings is 1. The van der Waals surface area contributed by atoms with Gasteiger partial charge in [-0.3, -0.25) is 4.79 Å². The molecule has 1 aromatic rings. The third-order valence-corrected chi connectivity index (χ3v) is 4.52. The number of carbonyl (C=O) groups excluding carboxylic acids is 1. The van der Waals surface area contributed by atoms with E-state index in [1.807, 2.05) is 0 Å². The summed E-state index contributed by atoms with van der Waals surface area (Å²) in [5.74, 6) is 0.173. The number of para-hydroxylation sites is 1. The van der Waals surface area contributed by atoms with Crippen LogP contribution in [0.1, 0.15) is 89.7 Å². The van der Waals surface area contributed by atoms with Crippen molar-refractivity contribution in [2.75, 3.05) is 5.32 Å². The van der Waals surface area contributed by atoms with E-state index in [9.17, 15) is 4.79 Å². The molecule has 0 aliphatic rings. The predicted molar refractivity (Wildman–Crippen MR) is 101 cm³/mol. The van der Waals surface area contributed by atoms with Crippen LogP contribution in [0.4, 0.5) is 5.69 Å². The SMILES string of the molecule is CCCCCCCCCCC(=O)Nc1c(CC)cccc1CC. The van der Waals surface area contributed by atoms with Gasteiger partial charge in [0.15, 0.2) is 0 Å². The summed E-state index contributed by atoms with van der Waals surface area (Å²) in [5.41, 5.74) is 3.55. The number of amides is 1. The summed E-state index contributed by atoms with van der Waals surface area (Å²) in [5, 5.41) is 3.16. The fourth-order valence-corrected chi connectivity index (χ4v) is 3.02. The number of carbonyl (C=O) groups is 1. The van der Waals surface area contributed by atoms with Crippen LogP contribution in [-0.4, -0.2) is 5.91 Å². The van der Waals surface area contributed by atoms with Gasteiger partial charge in [0.05, 0.1) is 0 Å². The average molecular weight is 318 g/mol. The summed E-state index contributed by atoms with van der Waals surface area (Å²) in [6.45, 7) is 6.53. The summed E-state index contributed by atoms with van der Waals surface area (Å²) in [6.07, 6.45) is 12.7. The van der Waals surface area contributed by atoms with Gasteiger partial charge in [-0.2, -0.15) is 0 Å². The van der Waals surface area contributed by atoms with Crippen LogP contribution in [0.5, 0.6) is 0 Å². The number of nitrogens with one attached hydrogen (secondary N) is 1. The first-order chi connectivity index (χ1) is 11.2. The number of aryl methyl sites for hydroxylation is 2. The van der Waals surface area contributed by atoms with Gasteiger partial charge in [0.25, 0.3) is 0 Å². The van der Waals surface area contributed by atoms with E-state index in [4.69, 9.17) is 0 Å². The number of anilines is 1. The molecule has 0 aliphatic heterocycles. The molecule has 0 radical (unpaired) electrons. The molecule has 0 bridgehead atoms. The third kappa shape index (κ3) is 7.67. The third-order valence-electron chi connectivity index (χ3n) is 4.52. The van der Waals surface area contributed by atoms with Gasteiger partial charge >= 0.3 is 0 Å². The molecule has 23 heavy (non-hydrogen) atoms. The first-order valence-corrected chi connectivity index (χ1v) is 9.63. The van der Waals surface area contributed by atoms with Crippen LogP contribution in [0.15, 0.2) is 18.2 Å². The molecule has 0 saturated heterocycles. The molecule has 0 heterocycles. The van der Waals surface area contributed by atoms with E-state index < -0.39 is 0 Å². The Morgan fingerprint density at radius 2 is 1.35 bits per heavy atom.